The van der Waals surface area contributed by atoms with Gasteiger partial charge in [-0.1, -0.05) is 18.2 Å². The summed E-state index contributed by atoms with van der Waals surface area (Å²) < 4.78 is 72.3. The summed E-state index contributed by atoms with van der Waals surface area (Å²) in [7, 11) is -3.58. The fourth-order valence-corrected chi connectivity index (χ4v) is 5.12. The average Bonchev–Trinajstić information content (AvgIpc) is 2.92. The van der Waals surface area contributed by atoms with Crippen molar-refractivity contribution < 1.29 is 26.3 Å². The fourth-order valence-electron chi connectivity index (χ4n) is 4.56. The summed E-state index contributed by atoms with van der Waals surface area (Å²) in [4.78, 5) is 31.4. The molecule has 4 aromatic rings. The zero-order valence-electron chi connectivity index (χ0n) is 22.3. The number of morpholine rings is 1. The Morgan fingerprint density at radius 3 is 2.49 bits per heavy atom. The first-order valence-corrected chi connectivity index (χ1v) is 14.4. The van der Waals surface area contributed by atoms with Crippen LogP contribution >= 0.6 is 0 Å². The van der Waals surface area contributed by atoms with Crippen LogP contribution in [0.25, 0.3) is 22.0 Å². The normalized spacial score (nSPS) is 14.7. The summed E-state index contributed by atoms with van der Waals surface area (Å²) >= 11 is 0. The highest BCUT2D eigenvalue weighted by molar-refractivity contribution is 7.90. The van der Waals surface area contributed by atoms with E-state index in [9.17, 15) is 26.4 Å². The Morgan fingerprint density at radius 2 is 1.85 bits per heavy atom. The Morgan fingerprint density at radius 1 is 1.12 bits per heavy atom. The van der Waals surface area contributed by atoms with Crippen molar-refractivity contribution in [1.29, 1.82) is 0 Å². The largest absolute Gasteiger partial charge is 0.378 e. The van der Waals surface area contributed by atoms with Crippen molar-refractivity contribution in [3.8, 4) is 11.1 Å². The van der Waals surface area contributed by atoms with E-state index in [0.29, 0.717) is 37.3 Å². The minimum atomic E-state index is -3.58. The van der Waals surface area contributed by atoms with Gasteiger partial charge >= 0.3 is 0 Å². The number of sulfone groups is 1. The highest BCUT2D eigenvalue weighted by Crippen LogP contribution is 2.31. The van der Waals surface area contributed by atoms with E-state index in [-0.39, 0.29) is 39.0 Å². The third-order valence-corrected chi connectivity index (χ3v) is 7.57. The molecule has 5 rings (SSSR count). The van der Waals surface area contributed by atoms with E-state index >= 15 is 0 Å². The second-order valence-electron chi connectivity index (χ2n) is 9.44. The number of hydrogen-bond acceptors (Lipinski definition) is 9. The summed E-state index contributed by atoms with van der Waals surface area (Å²) in [6, 6.07) is 6.46. The number of aliphatic imine (C=N–C) groups is 1. The molecule has 0 radical (unpaired) electrons. The first-order chi connectivity index (χ1) is 19.5. The van der Waals surface area contributed by atoms with Gasteiger partial charge in [-0.25, -0.2) is 46.2 Å². The van der Waals surface area contributed by atoms with Crippen molar-refractivity contribution in [2.45, 2.75) is 25.3 Å². The number of aryl methyl sites for hydroxylation is 1. The SMILES string of the molecule is CC(=Nc1nc(C)nc2c(-c3ccc(S(C)(=O)=O)nc3)c(=O)n(N3CCOCC3)cc12)c1cccc(C(F)F)c1F. The lowest BCUT2D eigenvalue weighted by Gasteiger charge is -2.30. The summed E-state index contributed by atoms with van der Waals surface area (Å²) in [5.41, 5.74) is -0.538. The minimum Gasteiger partial charge on any atom is -0.378 e. The minimum absolute atomic E-state index is 0.0919. The Kier molecular flexibility index (Phi) is 7.62. The van der Waals surface area contributed by atoms with Crippen molar-refractivity contribution in [3.63, 3.8) is 0 Å². The third-order valence-electron chi connectivity index (χ3n) is 6.57. The molecule has 0 spiro atoms. The molecular weight excluding hydrogens is 561 g/mol. The Balaban J connectivity index is 1.78. The maximum atomic E-state index is 14.9. The van der Waals surface area contributed by atoms with E-state index in [1.807, 2.05) is 0 Å². The van der Waals surface area contributed by atoms with Gasteiger partial charge in [-0.15, -0.1) is 0 Å². The molecule has 0 amide bonds. The van der Waals surface area contributed by atoms with Crippen LogP contribution in [0.1, 0.15) is 30.3 Å². The van der Waals surface area contributed by atoms with Crippen molar-refractivity contribution in [2.75, 3.05) is 37.6 Å². The molecule has 1 aliphatic rings. The summed E-state index contributed by atoms with van der Waals surface area (Å²) in [6.07, 6.45) is 0.842. The lowest BCUT2D eigenvalue weighted by molar-refractivity contribution is 0.111. The Labute approximate surface area is 233 Å². The monoisotopic (exact) mass is 586 g/mol. The predicted octanol–water partition coefficient (Wildman–Crippen LogP) is 3.75. The van der Waals surface area contributed by atoms with E-state index in [0.717, 1.165) is 12.3 Å². The van der Waals surface area contributed by atoms with E-state index in [1.54, 1.807) is 11.9 Å². The van der Waals surface area contributed by atoms with Crippen molar-refractivity contribution >= 4 is 32.3 Å². The van der Waals surface area contributed by atoms with Gasteiger partial charge in [0.15, 0.2) is 20.7 Å². The van der Waals surface area contributed by atoms with Gasteiger partial charge in [-0.2, -0.15) is 0 Å². The summed E-state index contributed by atoms with van der Waals surface area (Å²) in [6.45, 7) is 4.66. The number of fused-ring (bicyclic) bond motifs is 1. The number of rotatable bonds is 6. The molecule has 3 aromatic heterocycles. The Hall–Kier alpha value is -4.17. The summed E-state index contributed by atoms with van der Waals surface area (Å²) in [5.74, 6) is -0.742. The molecule has 0 aliphatic carbocycles. The third kappa shape index (κ3) is 5.57. The number of ether oxygens (including phenoxy) is 1. The van der Waals surface area contributed by atoms with Gasteiger partial charge in [0.25, 0.3) is 12.0 Å². The van der Waals surface area contributed by atoms with Gasteiger partial charge in [0, 0.05) is 35.5 Å². The van der Waals surface area contributed by atoms with E-state index in [4.69, 9.17) is 4.74 Å². The Bertz CT molecular complexity index is 1840. The van der Waals surface area contributed by atoms with Gasteiger partial charge in [0.05, 0.1) is 48.3 Å². The molecule has 0 unspecified atom stereocenters. The summed E-state index contributed by atoms with van der Waals surface area (Å²) in [5, 5.41) is 1.95. The number of benzene rings is 1. The van der Waals surface area contributed by atoms with Crippen LogP contribution in [0.3, 0.4) is 0 Å². The van der Waals surface area contributed by atoms with Crippen molar-refractivity contribution in [1.82, 2.24) is 19.6 Å². The standard InChI is InChI=1S/C27H25F3N6O4S/c1-15(18-5-4-6-19(23(18)28)25(29)30)32-26-20-14-36(35-9-11-40-12-10-35)27(37)22(24(20)33-16(2)34-26)17-7-8-21(31-13-17)41(3,38)39/h4-8,13-14,25H,9-12H2,1-3H3. The van der Waals surface area contributed by atoms with Crippen LogP contribution < -0.4 is 10.6 Å². The average molecular weight is 587 g/mol. The number of nitrogens with zero attached hydrogens (tertiary/aromatic N) is 6. The van der Waals surface area contributed by atoms with Crippen LogP contribution in [0.4, 0.5) is 19.0 Å². The zero-order valence-corrected chi connectivity index (χ0v) is 23.1. The molecule has 0 atom stereocenters. The van der Waals surface area contributed by atoms with Gasteiger partial charge in [0.1, 0.15) is 11.6 Å². The van der Waals surface area contributed by atoms with Crippen LogP contribution in [0.2, 0.25) is 0 Å². The molecule has 0 bridgehead atoms. The molecule has 214 valence electrons. The molecule has 1 fully saturated rings. The topological polar surface area (TPSA) is 120 Å². The molecule has 41 heavy (non-hydrogen) atoms. The molecule has 14 heteroatoms. The molecule has 1 aliphatic heterocycles. The predicted molar refractivity (Wildman–Crippen MR) is 147 cm³/mol. The van der Waals surface area contributed by atoms with Crippen molar-refractivity contribution in [3.05, 3.63) is 75.8 Å². The number of alkyl halides is 2. The van der Waals surface area contributed by atoms with Gasteiger partial charge in [-0.05, 0) is 26.0 Å². The highest BCUT2D eigenvalue weighted by atomic mass is 32.2. The van der Waals surface area contributed by atoms with Crippen LogP contribution in [-0.4, -0.2) is 66.3 Å². The highest BCUT2D eigenvalue weighted by Gasteiger charge is 2.23. The molecular formula is C27H25F3N6O4S. The van der Waals surface area contributed by atoms with E-state index in [2.05, 4.69) is 19.9 Å². The lowest BCUT2D eigenvalue weighted by atomic mass is 10.1. The molecule has 10 nitrogen and oxygen atoms in total. The molecule has 1 saturated heterocycles. The maximum Gasteiger partial charge on any atom is 0.279 e. The number of hydrogen-bond donors (Lipinski definition) is 0. The van der Waals surface area contributed by atoms with Gasteiger partial charge in [0.2, 0.25) is 0 Å². The molecule has 0 N–H and O–H groups in total. The second-order valence-corrected chi connectivity index (χ2v) is 11.4. The zero-order chi connectivity index (χ0) is 29.5. The van der Waals surface area contributed by atoms with Crippen LogP contribution in [-0.2, 0) is 14.6 Å². The lowest BCUT2D eigenvalue weighted by Crippen LogP contribution is -2.48. The maximum absolute atomic E-state index is 14.9. The number of halogens is 3. The fraction of sp³-hybridized carbons (Fsp3) is 0.296. The smallest absolute Gasteiger partial charge is 0.279 e. The van der Waals surface area contributed by atoms with Crippen LogP contribution in [0.5, 0.6) is 0 Å². The van der Waals surface area contributed by atoms with E-state index in [1.165, 1.54) is 48.3 Å². The first-order valence-electron chi connectivity index (χ1n) is 12.5. The van der Waals surface area contributed by atoms with Gasteiger partial charge in [-0.3, -0.25) is 4.79 Å². The first kappa shape index (κ1) is 28.4. The van der Waals surface area contributed by atoms with E-state index < -0.39 is 33.2 Å². The van der Waals surface area contributed by atoms with Crippen molar-refractivity contribution in [2.24, 2.45) is 4.99 Å². The quantitative estimate of drug-likeness (QED) is 0.314. The van der Waals surface area contributed by atoms with Gasteiger partial charge < -0.3 is 9.75 Å². The van der Waals surface area contributed by atoms with Crippen LogP contribution in [0.15, 0.2) is 57.5 Å². The number of pyridine rings is 2. The number of aromatic nitrogens is 4. The molecule has 4 heterocycles. The molecule has 1 aromatic carbocycles. The second kappa shape index (κ2) is 11.0. The molecule has 0 saturated carbocycles. The van der Waals surface area contributed by atoms with Crippen LogP contribution in [0, 0.1) is 12.7 Å².